The van der Waals surface area contributed by atoms with Crippen LogP contribution in [0.1, 0.15) is 252 Å². The van der Waals surface area contributed by atoms with Crippen LogP contribution in [0.3, 0.4) is 0 Å². The number of unbranched alkanes of at least 4 members (excludes halogenated alkanes) is 26. The number of rotatable bonds is 47. The number of halogens is 2. The molecule has 7 rings (SSSR count). The van der Waals surface area contributed by atoms with Gasteiger partial charge in [0.2, 0.25) is 0 Å². The number of nitrogens with zero attached hydrogens (tertiary/aromatic N) is 8. The first-order valence-electron chi connectivity index (χ1n) is 36.1. The molecular formula is C68H118F2N10O14P2S. The van der Waals surface area contributed by atoms with E-state index in [1.54, 1.807) is 27.9 Å². The van der Waals surface area contributed by atoms with Gasteiger partial charge < -0.3 is 39.6 Å². The van der Waals surface area contributed by atoms with E-state index in [1.165, 1.54) is 183 Å². The molecule has 0 aliphatic carbocycles. The molecule has 11 atom stereocenters. The van der Waals surface area contributed by atoms with Gasteiger partial charge in [0.1, 0.15) is 42.2 Å². The van der Waals surface area contributed by atoms with Crippen molar-refractivity contribution in [1.82, 2.24) is 39.0 Å². The van der Waals surface area contributed by atoms with Crippen LogP contribution >= 0.6 is 27.4 Å². The van der Waals surface area contributed by atoms with E-state index in [9.17, 15) is 23.9 Å². The van der Waals surface area contributed by atoms with Crippen molar-refractivity contribution < 1.29 is 74.3 Å². The Morgan fingerprint density at radius 1 is 0.691 bits per heavy atom. The number of carbonyl (C=O) groups is 1. The van der Waals surface area contributed by atoms with Crippen LogP contribution in [0.5, 0.6) is 0 Å². The number of aliphatic hydroxyl groups is 1. The molecular weight excluding hydrogens is 1310 g/mol. The number of hydrogen-bond donors (Lipinski definition) is 4. The van der Waals surface area contributed by atoms with Crippen molar-refractivity contribution in [2.24, 2.45) is 5.41 Å². The second-order valence-electron chi connectivity index (χ2n) is 27.5. The van der Waals surface area contributed by atoms with Crippen molar-refractivity contribution >= 4 is 66.5 Å². The van der Waals surface area contributed by atoms with Gasteiger partial charge in [0.05, 0.1) is 45.7 Å². The van der Waals surface area contributed by atoms with E-state index in [2.05, 4.69) is 54.4 Å². The van der Waals surface area contributed by atoms with Crippen LogP contribution in [-0.4, -0.2) is 162 Å². The van der Waals surface area contributed by atoms with Crippen molar-refractivity contribution in [3.8, 4) is 0 Å². The minimum absolute atomic E-state index is 0.0173. The average Bonchev–Trinajstić information content (AvgIpc) is 1.60. The van der Waals surface area contributed by atoms with Crippen molar-refractivity contribution in [2.75, 3.05) is 76.7 Å². The van der Waals surface area contributed by atoms with Gasteiger partial charge in [-0.1, -0.05) is 213 Å². The van der Waals surface area contributed by atoms with E-state index in [4.69, 9.17) is 41.6 Å². The van der Waals surface area contributed by atoms with Crippen molar-refractivity contribution in [3.63, 3.8) is 0 Å². The van der Waals surface area contributed by atoms with Gasteiger partial charge in [-0.3, -0.25) is 36.5 Å². The summed E-state index contributed by atoms with van der Waals surface area (Å²) in [7, 11) is -5.29. The van der Waals surface area contributed by atoms with Gasteiger partial charge in [0.25, 0.3) is 0 Å². The largest absolute Gasteiger partial charge is 0.475 e. The quantitative estimate of drug-likeness (QED) is 0.0236. The number of alkyl halides is 2. The molecule has 4 aromatic rings. The molecule has 0 saturated carbocycles. The van der Waals surface area contributed by atoms with Gasteiger partial charge in [-0.2, -0.15) is 0 Å². The van der Waals surface area contributed by atoms with Gasteiger partial charge >= 0.3 is 15.6 Å². The van der Waals surface area contributed by atoms with E-state index < -0.39 is 82.0 Å². The summed E-state index contributed by atoms with van der Waals surface area (Å²) in [6.45, 7) is 16.2. The number of aryl methyl sites for hydroxylation is 2. The van der Waals surface area contributed by atoms with Crippen LogP contribution in [0.4, 0.5) is 20.4 Å². The van der Waals surface area contributed by atoms with Crippen LogP contribution in [0.15, 0.2) is 12.7 Å². The van der Waals surface area contributed by atoms with Crippen LogP contribution in [0, 0.1) is 19.3 Å². The first kappa shape index (κ1) is 82.6. The molecule has 3 fully saturated rings. The molecule has 554 valence electrons. The van der Waals surface area contributed by atoms with Crippen LogP contribution < -0.4 is 10.6 Å². The second kappa shape index (κ2) is 41.6. The van der Waals surface area contributed by atoms with Crippen LogP contribution in [0.25, 0.3) is 22.3 Å². The predicted octanol–water partition coefficient (Wildman–Crippen LogP) is 16.3. The number of carbonyl (C=O) groups excluding carboxylic acids is 1. The summed E-state index contributed by atoms with van der Waals surface area (Å²) in [6, 6.07) is 0. The molecule has 0 aromatic carbocycles. The molecule has 24 nitrogen and oxygen atoms in total. The number of aliphatic hydroxyl groups excluding tert-OH is 1. The lowest BCUT2D eigenvalue weighted by Gasteiger charge is -2.33. The number of phosphoric acid groups is 2. The highest BCUT2D eigenvalue weighted by atomic mass is 32.2. The van der Waals surface area contributed by atoms with Crippen molar-refractivity contribution in [1.29, 1.82) is 0 Å². The number of phosphoric ester groups is 2. The summed E-state index contributed by atoms with van der Waals surface area (Å²) in [5.74, 6) is 2.16. The maximum Gasteiger partial charge on any atom is 0.475 e. The zero-order chi connectivity index (χ0) is 70.5. The Morgan fingerprint density at radius 3 is 1.61 bits per heavy atom. The number of fused-ring (bicyclic) bond motifs is 3. The van der Waals surface area contributed by atoms with Crippen LogP contribution in [0.2, 0.25) is 0 Å². The average molecular weight is 1430 g/mol. The summed E-state index contributed by atoms with van der Waals surface area (Å²) in [5, 5.41) is 16.8. The van der Waals surface area contributed by atoms with E-state index in [0.29, 0.717) is 58.8 Å². The lowest BCUT2D eigenvalue weighted by atomic mass is 9.98. The van der Waals surface area contributed by atoms with Crippen LogP contribution in [-0.2, 0) is 55.5 Å². The molecule has 3 aliphatic heterocycles. The molecule has 3 unspecified atom stereocenters. The van der Waals surface area contributed by atoms with Gasteiger partial charge in [0.15, 0.2) is 62.9 Å². The number of anilines is 2. The summed E-state index contributed by atoms with van der Waals surface area (Å²) in [6.07, 6.45) is 30.5. The van der Waals surface area contributed by atoms with E-state index in [1.807, 2.05) is 20.8 Å². The fraction of sp³-hybridized carbons (Fsp3) is 0.838. The molecule has 4 N–H and O–H groups in total. The summed E-state index contributed by atoms with van der Waals surface area (Å²) >= 11 is 1.07. The third kappa shape index (κ3) is 26.1. The Labute approximate surface area is 580 Å². The minimum Gasteiger partial charge on any atom is -0.387 e. The Bertz CT molecular complexity index is 3040. The molecule has 3 aliphatic rings. The van der Waals surface area contributed by atoms with E-state index in [-0.39, 0.29) is 37.3 Å². The topological polar surface area (TPSA) is 286 Å². The number of ether oxygens (including phenoxy) is 4. The number of hydrogen-bond acceptors (Lipinski definition) is 22. The molecule has 29 heteroatoms. The number of imidazole rings is 2. The maximum atomic E-state index is 16.1. The number of aromatic nitrogens is 8. The maximum absolute atomic E-state index is 16.1. The van der Waals surface area contributed by atoms with E-state index in [0.717, 1.165) is 43.9 Å². The molecule has 0 spiro atoms. The highest BCUT2D eigenvalue weighted by molar-refractivity contribution is 8.13. The van der Waals surface area contributed by atoms with Gasteiger partial charge in [-0.15, -0.1) is 0 Å². The molecule has 4 aromatic heterocycles. The fourth-order valence-corrected chi connectivity index (χ4v) is 15.3. The first-order chi connectivity index (χ1) is 46.4. The number of thioether (sulfide) groups is 1. The summed E-state index contributed by atoms with van der Waals surface area (Å²) < 4.78 is 112. The minimum atomic E-state index is -4.65. The molecule has 0 bridgehead atoms. The van der Waals surface area contributed by atoms with Gasteiger partial charge in [-0.25, -0.2) is 47.8 Å². The lowest BCUT2D eigenvalue weighted by molar-refractivity contribution is -0.117. The molecule has 7 heterocycles. The fourth-order valence-electron chi connectivity index (χ4n) is 12.2. The summed E-state index contributed by atoms with van der Waals surface area (Å²) in [4.78, 5) is 48.8. The van der Waals surface area contributed by atoms with E-state index >= 15 is 8.78 Å². The van der Waals surface area contributed by atoms with Gasteiger partial charge in [-0.05, 0) is 40.5 Å². The normalized spacial score (nSPS) is 24.4. The van der Waals surface area contributed by atoms with Crippen molar-refractivity contribution in [2.45, 2.75) is 296 Å². The van der Waals surface area contributed by atoms with Crippen molar-refractivity contribution in [3.05, 3.63) is 24.3 Å². The Balaban J connectivity index is 0.000000364. The highest BCUT2D eigenvalue weighted by Gasteiger charge is 2.62. The zero-order valence-electron chi connectivity index (χ0n) is 60.1. The third-order valence-corrected chi connectivity index (χ3v) is 21.5. The zero-order valence-corrected chi connectivity index (χ0v) is 62.7. The third-order valence-electron chi connectivity index (χ3n) is 17.9. The monoisotopic (exact) mass is 1430 g/mol. The lowest BCUT2D eigenvalue weighted by Crippen LogP contribution is -2.44. The van der Waals surface area contributed by atoms with Gasteiger partial charge in [0, 0.05) is 38.5 Å². The second-order valence-corrected chi connectivity index (χ2v) is 31.6. The first-order valence-corrected chi connectivity index (χ1v) is 40.0. The molecule has 0 amide bonds. The highest BCUT2D eigenvalue weighted by Crippen LogP contribution is 2.60. The smallest absolute Gasteiger partial charge is 0.387 e. The Kier molecular flexibility index (Phi) is 35.4. The standard InChI is InChI=1S/C48H89FN5O8P.C20H29FN5O6PS/c1-6-8-10-12-14-16-18-20-22-24-26-28-30-32-34-58-36-41(59-35-33-31-29-27-25-23-21-19-17-15-13-11-9-7-2)37-60-63(56,57)61-38-42-44(55)48(4,49)47(62-42)54-39-51-43-45(50-5)52-40(3)53-46(43)54;1-11-24-15(22-6)13-16(25-11)26(10-23-13)17-20(5,21)14-12(31-17)9-30-33(28,32-14)29-7-8-34-18(27)19(2,3)4/h39,41-42,44,47,55H,6-38H2,1-5H3,(H,56,57)(H,50,52,53);10,12,14,17H,7-9H2,1-6H3,(H,22,24,25)/t41?,42-,44-,47-,48-;12-,14-,17-,20-,33?/m11/s1. The summed E-state index contributed by atoms with van der Waals surface area (Å²) in [5.41, 5.74) is -3.32. The Morgan fingerprint density at radius 2 is 1.14 bits per heavy atom. The Hall–Kier alpha value is -3.40. The molecule has 97 heavy (non-hydrogen) atoms. The number of nitrogens with one attached hydrogen (secondary N) is 2. The molecule has 0 radical (unpaired) electrons. The SMILES string of the molecule is CCCCCCCCCCCCCCCCOCC(COP(=O)(O)OC[C@H]1O[C@@H](n2cnc3c(NC)nc(C)nc32)[C@](C)(F)[C@@H]1O)OCCCCCCCCCCCCCCCC.CNc1nc(C)nc2c1ncn2[C@@H]1O[C@@H]2COP(=O)(OCCSC(=O)C(C)(C)C)O[C@H]2[C@@]1(C)F. The predicted molar refractivity (Wildman–Crippen MR) is 376 cm³/mol. The molecule has 3 saturated heterocycles.